The van der Waals surface area contributed by atoms with Crippen LogP contribution in [0.5, 0.6) is 0 Å². The highest BCUT2D eigenvalue weighted by Crippen LogP contribution is 2.25. The van der Waals surface area contributed by atoms with Crippen LogP contribution in [-0.2, 0) is 4.74 Å². The first kappa shape index (κ1) is 12.0. The van der Waals surface area contributed by atoms with Gasteiger partial charge in [0.05, 0.1) is 28.4 Å². The molecule has 0 spiro atoms. The zero-order valence-corrected chi connectivity index (χ0v) is 8.98. The smallest absolute Gasteiger partial charge is 0.340 e. The summed E-state index contributed by atoms with van der Waals surface area (Å²) in [6.07, 6.45) is 0. The summed E-state index contributed by atoms with van der Waals surface area (Å²) in [6.45, 7) is 0. The number of hydrogen-bond acceptors (Lipinski definition) is 6. The van der Waals surface area contributed by atoms with Crippen LogP contribution in [0.2, 0.25) is 0 Å². The van der Waals surface area contributed by atoms with Gasteiger partial charge in [-0.3, -0.25) is 10.1 Å². The van der Waals surface area contributed by atoms with Crippen molar-refractivity contribution in [2.45, 2.75) is 0 Å². The van der Waals surface area contributed by atoms with Crippen LogP contribution in [-0.4, -0.2) is 23.2 Å². The van der Waals surface area contributed by atoms with Gasteiger partial charge in [0.1, 0.15) is 0 Å². The normalized spacial score (nSPS) is 9.06. The van der Waals surface area contributed by atoms with Crippen LogP contribution in [0.4, 0.5) is 11.4 Å². The van der Waals surface area contributed by atoms with Crippen molar-refractivity contribution in [1.82, 2.24) is 0 Å². The fourth-order valence-electron chi connectivity index (χ4n) is 1.06. The van der Waals surface area contributed by atoms with E-state index in [0.29, 0.717) is 0 Å². The maximum Gasteiger partial charge on any atom is 0.340 e. The second-order valence-electron chi connectivity index (χ2n) is 2.65. The standard InChI is InChI=1S/C9H6N2O4S/c1-15-9(12)7-3-2-6(11(13)14)4-8(7)10-5-16/h2-4H,1H3. The van der Waals surface area contributed by atoms with E-state index in [1.807, 2.05) is 5.16 Å². The molecule has 16 heavy (non-hydrogen) atoms. The largest absolute Gasteiger partial charge is 0.465 e. The molecule has 0 saturated carbocycles. The van der Waals surface area contributed by atoms with Crippen LogP contribution in [0.3, 0.4) is 0 Å². The molecule has 0 aliphatic rings. The van der Waals surface area contributed by atoms with Crippen molar-refractivity contribution in [3.63, 3.8) is 0 Å². The van der Waals surface area contributed by atoms with E-state index >= 15 is 0 Å². The summed E-state index contributed by atoms with van der Waals surface area (Å²) in [5, 5.41) is 12.6. The first-order valence-electron chi connectivity index (χ1n) is 4.04. The molecule has 0 aliphatic heterocycles. The number of benzene rings is 1. The van der Waals surface area contributed by atoms with Gasteiger partial charge in [-0.25, -0.2) is 4.79 Å². The van der Waals surface area contributed by atoms with Crippen LogP contribution in [0.15, 0.2) is 23.2 Å². The summed E-state index contributed by atoms with van der Waals surface area (Å²) in [5.41, 5.74) is -0.0156. The minimum atomic E-state index is -0.640. The molecular weight excluding hydrogens is 232 g/mol. The van der Waals surface area contributed by atoms with Gasteiger partial charge in [0.25, 0.3) is 5.69 Å². The average molecular weight is 238 g/mol. The Hall–Kier alpha value is -2.11. The van der Waals surface area contributed by atoms with Crippen molar-refractivity contribution in [2.75, 3.05) is 7.11 Å². The van der Waals surface area contributed by atoms with Crippen molar-refractivity contribution < 1.29 is 14.5 Å². The third-order valence-electron chi connectivity index (χ3n) is 1.76. The maximum atomic E-state index is 11.3. The van der Waals surface area contributed by atoms with Gasteiger partial charge in [0, 0.05) is 12.1 Å². The molecule has 0 heterocycles. The van der Waals surface area contributed by atoms with E-state index in [9.17, 15) is 14.9 Å². The molecule has 0 amide bonds. The molecule has 0 atom stereocenters. The van der Waals surface area contributed by atoms with Crippen LogP contribution in [0.25, 0.3) is 0 Å². The molecular formula is C9H6N2O4S. The summed E-state index contributed by atoms with van der Waals surface area (Å²) in [7, 11) is 1.20. The second kappa shape index (κ2) is 5.11. The van der Waals surface area contributed by atoms with Gasteiger partial charge in [0.15, 0.2) is 0 Å². The lowest BCUT2D eigenvalue weighted by Crippen LogP contribution is -2.02. The number of methoxy groups -OCH3 is 1. The van der Waals surface area contributed by atoms with Gasteiger partial charge in [0.2, 0.25) is 0 Å². The molecule has 0 aromatic heterocycles. The molecule has 0 saturated heterocycles. The van der Waals surface area contributed by atoms with Crippen LogP contribution in [0, 0.1) is 10.1 Å². The minimum absolute atomic E-state index is 0.0658. The number of rotatable bonds is 3. The van der Waals surface area contributed by atoms with Crippen molar-refractivity contribution in [3.05, 3.63) is 33.9 Å². The van der Waals surface area contributed by atoms with Gasteiger partial charge in [-0.05, 0) is 18.3 Å². The Morgan fingerprint density at radius 3 is 2.81 bits per heavy atom. The summed E-state index contributed by atoms with van der Waals surface area (Å²) in [4.78, 5) is 24.8. The third-order valence-corrected chi connectivity index (χ3v) is 1.85. The highest BCUT2D eigenvalue weighted by atomic mass is 32.1. The lowest BCUT2D eigenvalue weighted by Gasteiger charge is -2.01. The topological polar surface area (TPSA) is 81.8 Å². The number of nitrogens with zero attached hydrogens (tertiary/aromatic N) is 2. The van der Waals surface area contributed by atoms with Crippen molar-refractivity contribution in [1.29, 1.82) is 0 Å². The number of carbonyl (C=O) groups is 1. The predicted octanol–water partition coefficient (Wildman–Crippen LogP) is 2.12. The minimum Gasteiger partial charge on any atom is -0.465 e. The SMILES string of the molecule is COC(=O)c1ccc([N+](=O)[O-])cc1N=C=S. The number of esters is 1. The number of hydrogen-bond donors (Lipinski definition) is 0. The first-order valence-corrected chi connectivity index (χ1v) is 4.45. The molecule has 6 nitrogen and oxygen atoms in total. The molecule has 1 aromatic carbocycles. The van der Waals surface area contributed by atoms with E-state index in [4.69, 9.17) is 0 Å². The molecule has 82 valence electrons. The number of thiocarbonyl (C=S) groups is 1. The number of isothiocyanates is 1. The summed E-state index contributed by atoms with van der Waals surface area (Å²) in [6, 6.07) is 3.58. The molecule has 7 heteroatoms. The molecule has 0 radical (unpaired) electrons. The Kier molecular flexibility index (Phi) is 3.82. The van der Waals surface area contributed by atoms with Crippen LogP contribution >= 0.6 is 12.2 Å². The Labute approximate surface area is 95.7 Å². The second-order valence-corrected chi connectivity index (χ2v) is 2.84. The van der Waals surface area contributed by atoms with Crippen molar-refractivity contribution >= 4 is 34.7 Å². The van der Waals surface area contributed by atoms with Gasteiger partial charge in [-0.15, -0.1) is 0 Å². The Bertz CT molecular complexity index is 494. The maximum absolute atomic E-state index is 11.3. The molecule has 0 N–H and O–H groups in total. The van der Waals surface area contributed by atoms with Crippen molar-refractivity contribution in [3.8, 4) is 0 Å². The van der Waals surface area contributed by atoms with E-state index < -0.39 is 10.9 Å². The summed E-state index contributed by atoms with van der Waals surface area (Å²) in [5.74, 6) is -0.640. The molecule has 1 rings (SSSR count). The quantitative estimate of drug-likeness (QED) is 0.265. The average Bonchev–Trinajstić information content (AvgIpc) is 2.28. The zero-order valence-electron chi connectivity index (χ0n) is 8.17. The van der Waals surface area contributed by atoms with E-state index in [1.165, 1.54) is 19.2 Å². The van der Waals surface area contributed by atoms with Crippen LogP contribution in [0.1, 0.15) is 10.4 Å². The van der Waals surface area contributed by atoms with Crippen LogP contribution < -0.4 is 0 Å². The van der Waals surface area contributed by atoms with E-state index in [1.54, 1.807) is 0 Å². The summed E-state index contributed by atoms with van der Waals surface area (Å²) < 4.78 is 4.49. The Morgan fingerprint density at radius 2 is 2.31 bits per heavy atom. The van der Waals surface area contributed by atoms with Gasteiger partial charge in [-0.2, -0.15) is 4.99 Å². The molecule has 0 fully saturated rings. The van der Waals surface area contributed by atoms with Gasteiger partial charge >= 0.3 is 5.97 Å². The number of nitro groups is 1. The number of non-ortho nitro benzene ring substituents is 1. The highest BCUT2D eigenvalue weighted by Gasteiger charge is 2.15. The Balaban J connectivity index is 3.35. The van der Waals surface area contributed by atoms with E-state index in [-0.39, 0.29) is 16.9 Å². The lowest BCUT2D eigenvalue weighted by atomic mass is 10.1. The molecule has 0 aliphatic carbocycles. The molecule has 1 aromatic rings. The zero-order chi connectivity index (χ0) is 12.1. The van der Waals surface area contributed by atoms with E-state index in [2.05, 4.69) is 21.9 Å². The van der Waals surface area contributed by atoms with E-state index in [0.717, 1.165) is 6.07 Å². The number of ether oxygens (including phenoxy) is 1. The summed E-state index contributed by atoms with van der Waals surface area (Å²) >= 11 is 4.39. The van der Waals surface area contributed by atoms with Gasteiger partial charge in [-0.1, -0.05) is 0 Å². The monoisotopic (exact) mass is 238 g/mol. The third kappa shape index (κ3) is 2.47. The first-order chi connectivity index (χ1) is 7.60. The number of carbonyl (C=O) groups excluding carboxylic acids is 1. The number of aliphatic imine (C=N–C) groups is 1. The fraction of sp³-hybridized carbons (Fsp3) is 0.111. The highest BCUT2D eigenvalue weighted by molar-refractivity contribution is 7.78. The molecule has 0 unspecified atom stereocenters. The molecule has 0 bridgehead atoms. The Morgan fingerprint density at radius 1 is 1.62 bits per heavy atom. The van der Waals surface area contributed by atoms with Crippen molar-refractivity contribution in [2.24, 2.45) is 4.99 Å². The predicted molar refractivity (Wildman–Crippen MR) is 59.1 cm³/mol. The van der Waals surface area contributed by atoms with Gasteiger partial charge < -0.3 is 4.74 Å². The number of nitro benzene ring substituents is 1. The fourth-order valence-corrected chi connectivity index (χ4v) is 1.16. The lowest BCUT2D eigenvalue weighted by molar-refractivity contribution is -0.384.